The van der Waals surface area contributed by atoms with Gasteiger partial charge in [0.15, 0.2) is 6.10 Å². The molecule has 6 nitrogen and oxygen atoms in total. The van der Waals surface area contributed by atoms with Gasteiger partial charge in [0.05, 0.1) is 0 Å². The van der Waals surface area contributed by atoms with Crippen molar-refractivity contribution in [1.82, 2.24) is 0 Å². The van der Waals surface area contributed by atoms with Crippen LogP contribution in [0.3, 0.4) is 0 Å². The second-order valence-electron chi connectivity index (χ2n) is 25.6. The number of carbonyl (C=O) groups is 3. The van der Waals surface area contributed by atoms with Gasteiger partial charge < -0.3 is 14.2 Å². The first-order valence-electron chi connectivity index (χ1n) is 37.5. The van der Waals surface area contributed by atoms with Gasteiger partial charge >= 0.3 is 17.9 Å². The van der Waals surface area contributed by atoms with Crippen molar-refractivity contribution in [3.63, 3.8) is 0 Å². The van der Waals surface area contributed by atoms with Gasteiger partial charge in [0, 0.05) is 19.3 Å². The minimum atomic E-state index is -0.778. The van der Waals surface area contributed by atoms with E-state index < -0.39 is 6.10 Å². The minimum absolute atomic E-state index is 0.0715. The Kier molecular flexibility index (Phi) is 70.0. The van der Waals surface area contributed by atoms with E-state index in [-0.39, 0.29) is 31.1 Å². The molecule has 0 N–H and O–H groups in total. The highest BCUT2D eigenvalue weighted by atomic mass is 16.6. The van der Waals surface area contributed by atoms with Crippen LogP contribution in [0, 0.1) is 0 Å². The summed E-state index contributed by atoms with van der Waals surface area (Å²) in [4.78, 5) is 38.5. The van der Waals surface area contributed by atoms with E-state index in [1.807, 2.05) is 0 Å². The normalized spacial score (nSPS) is 12.2. The molecule has 0 aromatic rings. The lowest BCUT2D eigenvalue weighted by Gasteiger charge is -2.18. The summed E-state index contributed by atoms with van der Waals surface area (Å²) in [5, 5.41) is 0. The summed E-state index contributed by atoms with van der Waals surface area (Å²) in [5.41, 5.74) is 0. The molecule has 0 radical (unpaired) electrons. The fraction of sp³-hybridized carbons (Fsp3) is 0.883. The van der Waals surface area contributed by atoms with E-state index in [1.165, 1.54) is 302 Å². The maximum Gasteiger partial charge on any atom is 0.306 e. The number of rotatable bonds is 70. The first kappa shape index (κ1) is 80.6. The average Bonchev–Trinajstić information content (AvgIpc) is 3.50. The molecule has 0 fully saturated rings. The van der Waals surface area contributed by atoms with E-state index in [9.17, 15) is 14.4 Å². The molecule has 0 aliphatic heterocycles. The minimum Gasteiger partial charge on any atom is -0.462 e. The van der Waals surface area contributed by atoms with Gasteiger partial charge in [-0.25, -0.2) is 0 Å². The average molecular weight is 1170 g/mol. The molecular weight excluding hydrogens is 1020 g/mol. The summed E-state index contributed by atoms with van der Waals surface area (Å²) >= 11 is 0. The van der Waals surface area contributed by atoms with Crippen LogP contribution >= 0.6 is 0 Å². The van der Waals surface area contributed by atoms with E-state index in [4.69, 9.17) is 14.2 Å². The van der Waals surface area contributed by atoms with Crippen LogP contribution < -0.4 is 0 Å². The molecule has 0 amide bonds. The highest BCUT2D eigenvalue weighted by Crippen LogP contribution is 2.19. The van der Waals surface area contributed by atoms with Crippen LogP contribution in [0.1, 0.15) is 419 Å². The highest BCUT2D eigenvalue weighted by Gasteiger charge is 2.20. The molecule has 0 bridgehead atoms. The molecular formula is C77H144O6. The predicted molar refractivity (Wildman–Crippen MR) is 362 cm³/mol. The number of esters is 3. The number of allylic oxidation sites excluding steroid dienone is 6. The quantitative estimate of drug-likeness (QED) is 0.0261. The van der Waals surface area contributed by atoms with Crippen molar-refractivity contribution in [1.29, 1.82) is 0 Å². The van der Waals surface area contributed by atoms with Gasteiger partial charge in [-0.1, -0.05) is 378 Å². The van der Waals surface area contributed by atoms with Crippen molar-refractivity contribution in [2.24, 2.45) is 0 Å². The predicted octanol–water partition coefficient (Wildman–Crippen LogP) is 25.9. The van der Waals surface area contributed by atoms with Gasteiger partial charge in [0.2, 0.25) is 0 Å². The van der Waals surface area contributed by atoms with Crippen molar-refractivity contribution in [2.75, 3.05) is 13.2 Å². The van der Waals surface area contributed by atoms with Crippen LogP contribution in [-0.4, -0.2) is 37.2 Å². The molecule has 0 aliphatic rings. The third kappa shape index (κ3) is 70.3. The van der Waals surface area contributed by atoms with Gasteiger partial charge in [-0.05, 0) is 57.8 Å². The zero-order valence-electron chi connectivity index (χ0n) is 56.2. The van der Waals surface area contributed by atoms with E-state index in [0.717, 1.165) is 77.0 Å². The third-order valence-electron chi connectivity index (χ3n) is 17.1. The molecule has 1 atom stereocenters. The number of hydrogen-bond acceptors (Lipinski definition) is 6. The van der Waals surface area contributed by atoms with Crippen molar-refractivity contribution < 1.29 is 28.6 Å². The third-order valence-corrected chi connectivity index (χ3v) is 17.1. The summed E-state index contributed by atoms with van der Waals surface area (Å²) in [6.07, 6.45) is 90.4. The molecule has 488 valence electrons. The Morgan fingerprint density at radius 1 is 0.241 bits per heavy atom. The molecule has 1 unspecified atom stereocenters. The summed E-state index contributed by atoms with van der Waals surface area (Å²) in [6.45, 7) is 6.71. The van der Waals surface area contributed by atoms with Crippen LogP contribution in [0.15, 0.2) is 36.5 Å². The van der Waals surface area contributed by atoms with Crippen LogP contribution in [0.2, 0.25) is 0 Å². The molecule has 0 heterocycles. The van der Waals surface area contributed by atoms with E-state index in [0.29, 0.717) is 19.3 Å². The second kappa shape index (κ2) is 72.1. The first-order chi connectivity index (χ1) is 41.0. The molecule has 0 spiro atoms. The van der Waals surface area contributed by atoms with E-state index >= 15 is 0 Å². The number of unbranched alkanes of at least 4 members (excludes halogenated alkanes) is 53. The van der Waals surface area contributed by atoms with Crippen molar-refractivity contribution in [2.45, 2.75) is 425 Å². The van der Waals surface area contributed by atoms with Crippen LogP contribution in [0.5, 0.6) is 0 Å². The number of ether oxygens (including phenoxy) is 3. The highest BCUT2D eigenvalue weighted by molar-refractivity contribution is 5.71. The molecule has 0 saturated heterocycles. The summed E-state index contributed by atoms with van der Waals surface area (Å²) in [7, 11) is 0. The maximum atomic E-state index is 13.0. The lowest BCUT2D eigenvalue weighted by Crippen LogP contribution is -2.30. The van der Waals surface area contributed by atoms with Gasteiger partial charge in [-0.2, -0.15) is 0 Å². The summed E-state index contributed by atoms with van der Waals surface area (Å²) in [6, 6.07) is 0. The van der Waals surface area contributed by atoms with Crippen molar-refractivity contribution in [3.05, 3.63) is 36.5 Å². The Labute approximate surface area is 518 Å². The second-order valence-corrected chi connectivity index (χ2v) is 25.6. The van der Waals surface area contributed by atoms with Crippen molar-refractivity contribution >= 4 is 17.9 Å². The van der Waals surface area contributed by atoms with E-state index in [2.05, 4.69) is 57.2 Å². The van der Waals surface area contributed by atoms with Gasteiger partial charge in [-0.15, -0.1) is 0 Å². The SMILES string of the molecule is CCCCCCC/C=C\C/C=C\C/C=C\CCCCCCCCC(=O)OC(COC(=O)CCCCCCCCCCCCCCCCCCCC)COC(=O)CCCCCCCCCCCCCCCCCCCCCCCCCCCC. The molecule has 83 heavy (non-hydrogen) atoms. The van der Waals surface area contributed by atoms with E-state index in [1.54, 1.807) is 0 Å². The largest absolute Gasteiger partial charge is 0.462 e. The topological polar surface area (TPSA) is 78.9 Å². The zero-order chi connectivity index (χ0) is 59.9. The molecule has 0 aromatic heterocycles. The van der Waals surface area contributed by atoms with Gasteiger partial charge in [0.1, 0.15) is 13.2 Å². The molecule has 0 aliphatic carbocycles. The Hall–Kier alpha value is -2.37. The standard InChI is InChI=1S/C77H144O6/c1-4-7-10-13-16-19-22-25-28-31-34-36-37-38-39-40-42-43-46-49-52-55-58-61-64-67-70-76(79)82-73-74(72-81-75(78)69-66-63-60-57-54-51-48-45-33-30-27-24-21-18-15-12-9-6-3)83-77(80)71-68-65-62-59-56-53-50-47-44-41-35-32-29-26-23-20-17-14-11-8-5-2/h23,26,32,35,44,47,74H,4-22,24-25,27-31,33-34,36-43,45-46,48-73H2,1-3H3/b26-23-,35-32-,47-44-. The smallest absolute Gasteiger partial charge is 0.306 e. The fourth-order valence-corrected chi connectivity index (χ4v) is 11.5. The monoisotopic (exact) mass is 1170 g/mol. The van der Waals surface area contributed by atoms with Gasteiger partial charge in [0.25, 0.3) is 0 Å². The summed E-state index contributed by atoms with van der Waals surface area (Å²) < 4.78 is 17.0. The summed E-state index contributed by atoms with van der Waals surface area (Å²) in [5.74, 6) is -0.849. The zero-order valence-corrected chi connectivity index (χ0v) is 56.2. The van der Waals surface area contributed by atoms with Crippen LogP contribution in [-0.2, 0) is 28.6 Å². The molecule has 6 heteroatoms. The van der Waals surface area contributed by atoms with Crippen LogP contribution in [0.4, 0.5) is 0 Å². The Morgan fingerprint density at radius 3 is 0.675 bits per heavy atom. The van der Waals surface area contributed by atoms with Crippen molar-refractivity contribution in [3.8, 4) is 0 Å². The Morgan fingerprint density at radius 2 is 0.434 bits per heavy atom. The Balaban J connectivity index is 4.29. The number of hydrogen-bond donors (Lipinski definition) is 0. The molecule has 0 saturated carbocycles. The molecule has 0 aromatic carbocycles. The lowest BCUT2D eigenvalue weighted by molar-refractivity contribution is -0.167. The van der Waals surface area contributed by atoms with Crippen LogP contribution in [0.25, 0.3) is 0 Å². The fourth-order valence-electron chi connectivity index (χ4n) is 11.5. The van der Waals surface area contributed by atoms with Gasteiger partial charge in [-0.3, -0.25) is 14.4 Å². The number of carbonyl (C=O) groups excluding carboxylic acids is 3. The lowest BCUT2D eigenvalue weighted by atomic mass is 10.0. The molecule has 0 rings (SSSR count). The Bertz CT molecular complexity index is 1380. The maximum absolute atomic E-state index is 13.0. The first-order valence-corrected chi connectivity index (χ1v) is 37.5.